The van der Waals surface area contributed by atoms with Gasteiger partial charge >= 0.3 is 0 Å². The molecule has 0 amide bonds. The number of nitrogens with zero attached hydrogens (tertiary/aromatic N) is 4. The highest BCUT2D eigenvalue weighted by Crippen LogP contribution is 2.20. The number of hydrogen-bond donors (Lipinski definition) is 2. The quantitative estimate of drug-likeness (QED) is 0.691. The standard InChI is InChI=1S/C11H10N6/c1-12-10-3-9(14-6-15-10)7-2-8-5-16-17-11(8)13-4-7/h2-6H,1H3,(H,12,14,15)(H,13,16,17). The van der Waals surface area contributed by atoms with Crippen molar-refractivity contribution in [2.75, 3.05) is 12.4 Å². The second-order valence-electron chi connectivity index (χ2n) is 3.57. The van der Waals surface area contributed by atoms with Crippen molar-refractivity contribution in [1.29, 1.82) is 0 Å². The van der Waals surface area contributed by atoms with Gasteiger partial charge in [0.05, 0.1) is 11.9 Å². The Morgan fingerprint density at radius 2 is 2.06 bits per heavy atom. The summed E-state index contributed by atoms with van der Waals surface area (Å²) < 4.78 is 0. The zero-order chi connectivity index (χ0) is 11.7. The van der Waals surface area contributed by atoms with Crippen molar-refractivity contribution in [1.82, 2.24) is 25.1 Å². The third-order valence-corrected chi connectivity index (χ3v) is 2.51. The van der Waals surface area contributed by atoms with E-state index in [0.29, 0.717) is 0 Å². The first kappa shape index (κ1) is 9.71. The maximum Gasteiger partial charge on any atom is 0.155 e. The van der Waals surface area contributed by atoms with Gasteiger partial charge in [-0.1, -0.05) is 0 Å². The lowest BCUT2D eigenvalue weighted by molar-refractivity contribution is 1.10. The van der Waals surface area contributed by atoms with E-state index in [1.54, 1.807) is 12.4 Å². The van der Waals surface area contributed by atoms with Crippen molar-refractivity contribution in [3.05, 3.63) is 30.9 Å². The fourth-order valence-electron chi connectivity index (χ4n) is 1.63. The monoisotopic (exact) mass is 226 g/mol. The number of aromatic amines is 1. The number of rotatable bonds is 2. The number of hydrogen-bond acceptors (Lipinski definition) is 5. The van der Waals surface area contributed by atoms with E-state index in [9.17, 15) is 0 Å². The molecule has 0 aliphatic rings. The van der Waals surface area contributed by atoms with Gasteiger partial charge in [-0.25, -0.2) is 15.0 Å². The van der Waals surface area contributed by atoms with Gasteiger partial charge in [0.15, 0.2) is 5.65 Å². The molecule has 0 atom stereocenters. The molecule has 0 saturated carbocycles. The molecule has 0 fully saturated rings. The Balaban J connectivity index is 2.12. The third-order valence-electron chi connectivity index (χ3n) is 2.51. The second-order valence-corrected chi connectivity index (χ2v) is 3.57. The summed E-state index contributed by atoms with van der Waals surface area (Å²) in [4.78, 5) is 12.6. The summed E-state index contributed by atoms with van der Waals surface area (Å²) in [6, 6.07) is 3.87. The van der Waals surface area contributed by atoms with Gasteiger partial charge in [-0.2, -0.15) is 5.10 Å². The van der Waals surface area contributed by atoms with Crippen LogP contribution < -0.4 is 5.32 Å². The normalized spacial score (nSPS) is 10.6. The van der Waals surface area contributed by atoms with E-state index in [4.69, 9.17) is 0 Å². The van der Waals surface area contributed by atoms with Crippen LogP contribution in [0.15, 0.2) is 30.9 Å². The summed E-state index contributed by atoms with van der Waals surface area (Å²) in [6.45, 7) is 0. The van der Waals surface area contributed by atoms with Gasteiger partial charge in [-0.15, -0.1) is 0 Å². The average molecular weight is 226 g/mol. The zero-order valence-corrected chi connectivity index (χ0v) is 9.18. The highest BCUT2D eigenvalue weighted by Gasteiger charge is 2.04. The van der Waals surface area contributed by atoms with Crippen LogP contribution in [0.3, 0.4) is 0 Å². The topological polar surface area (TPSA) is 79.4 Å². The van der Waals surface area contributed by atoms with Gasteiger partial charge in [0, 0.05) is 30.3 Å². The molecule has 0 aliphatic carbocycles. The Bertz CT molecular complexity index is 660. The number of H-pyrrole nitrogens is 1. The summed E-state index contributed by atoms with van der Waals surface area (Å²) in [5, 5.41) is 10.7. The first-order chi connectivity index (χ1) is 8.36. The summed E-state index contributed by atoms with van der Waals surface area (Å²) in [5.74, 6) is 0.780. The summed E-state index contributed by atoms with van der Waals surface area (Å²) in [5.41, 5.74) is 2.55. The van der Waals surface area contributed by atoms with Crippen molar-refractivity contribution < 1.29 is 0 Å². The number of anilines is 1. The maximum absolute atomic E-state index is 4.27. The molecule has 0 aromatic carbocycles. The molecule has 3 rings (SSSR count). The minimum absolute atomic E-state index is 0.775. The molecule has 0 unspecified atom stereocenters. The van der Waals surface area contributed by atoms with Crippen LogP contribution in [0.25, 0.3) is 22.3 Å². The van der Waals surface area contributed by atoms with Gasteiger partial charge in [-0.3, -0.25) is 5.10 Å². The van der Waals surface area contributed by atoms with Crippen molar-refractivity contribution in [3.63, 3.8) is 0 Å². The van der Waals surface area contributed by atoms with E-state index in [1.807, 2.05) is 19.2 Å². The average Bonchev–Trinajstić information content (AvgIpc) is 2.86. The van der Waals surface area contributed by atoms with Gasteiger partial charge in [0.25, 0.3) is 0 Å². The smallest absolute Gasteiger partial charge is 0.155 e. The van der Waals surface area contributed by atoms with Gasteiger partial charge in [0.2, 0.25) is 0 Å². The van der Waals surface area contributed by atoms with E-state index >= 15 is 0 Å². The van der Waals surface area contributed by atoms with E-state index in [1.165, 1.54) is 6.33 Å². The Morgan fingerprint density at radius 1 is 1.12 bits per heavy atom. The number of aromatic nitrogens is 5. The van der Waals surface area contributed by atoms with E-state index in [2.05, 4.69) is 30.5 Å². The molecule has 3 aromatic rings. The minimum atomic E-state index is 0.775. The van der Waals surface area contributed by atoms with Crippen molar-refractivity contribution in [2.45, 2.75) is 0 Å². The molecule has 84 valence electrons. The van der Waals surface area contributed by atoms with Gasteiger partial charge in [-0.05, 0) is 6.07 Å². The van der Waals surface area contributed by atoms with Crippen LogP contribution in [0, 0.1) is 0 Å². The van der Waals surface area contributed by atoms with Crippen LogP contribution in [0.1, 0.15) is 0 Å². The molecule has 2 N–H and O–H groups in total. The molecule has 3 aromatic heterocycles. The summed E-state index contributed by atoms with van der Waals surface area (Å²) in [6.07, 6.45) is 5.04. The molecule has 0 bridgehead atoms. The van der Waals surface area contributed by atoms with E-state index in [-0.39, 0.29) is 0 Å². The lowest BCUT2D eigenvalue weighted by Crippen LogP contribution is -1.94. The van der Waals surface area contributed by atoms with Crippen LogP contribution in [-0.4, -0.2) is 32.2 Å². The third kappa shape index (κ3) is 1.69. The van der Waals surface area contributed by atoms with E-state index in [0.717, 1.165) is 28.1 Å². The Morgan fingerprint density at radius 3 is 2.94 bits per heavy atom. The Kier molecular flexibility index (Phi) is 2.18. The lowest BCUT2D eigenvalue weighted by atomic mass is 10.2. The van der Waals surface area contributed by atoms with Crippen LogP contribution in [0.4, 0.5) is 5.82 Å². The summed E-state index contributed by atoms with van der Waals surface area (Å²) >= 11 is 0. The number of nitrogens with one attached hydrogen (secondary N) is 2. The highest BCUT2D eigenvalue weighted by molar-refractivity contribution is 5.79. The Labute approximate surface area is 97.1 Å². The van der Waals surface area contributed by atoms with Crippen molar-refractivity contribution in [3.8, 4) is 11.3 Å². The van der Waals surface area contributed by atoms with Crippen molar-refractivity contribution >= 4 is 16.9 Å². The molecule has 6 nitrogen and oxygen atoms in total. The first-order valence-corrected chi connectivity index (χ1v) is 5.16. The fraction of sp³-hybridized carbons (Fsp3) is 0.0909. The van der Waals surface area contributed by atoms with Crippen LogP contribution in [0.2, 0.25) is 0 Å². The largest absolute Gasteiger partial charge is 0.373 e. The molecule has 0 spiro atoms. The molecule has 3 heterocycles. The number of fused-ring (bicyclic) bond motifs is 1. The molecule has 0 radical (unpaired) electrons. The van der Waals surface area contributed by atoms with Crippen LogP contribution >= 0.6 is 0 Å². The Hall–Kier alpha value is -2.50. The van der Waals surface area contributed by atoms with Crippen LogP contribution in [-0.2, 0) is 0 Å². The second kappa shape index (κ2) is 3.82. The van der Waals surface area contributed by atoms with Gasteiger partial charge < -0.3 is 5.32 Å². The SMILES string of the molecule is CNc1cc(-c2cnc3[nH]ncc3c2)ncn1. The number of pyridine rings is 1. The molecular formula is C11H10N6. The van der Waals surface area contributed by atoms with E-state index < -0.39 is 0 Å². The lowest BCUT2D eigenvalue weighted by Gasteiger charge is -2.02. The molecule has 17 heavy (non-hydrogen) atoms. The fourth-order valence-corrected chi connectivity index (χ4v) is 1.63. The predicted molar refractivity (Wildman–Crippen MR) is 64.5 cm³/mol. The maximum atomic E-state index is 4.27. The molecule has 6 heteroatoms. The molecular weight excluding hydrogens is 216 g/mol. The molecule has 0 saturated heterocycles. The zero-order valence-electron chi connectivity index (χ0n) is 9.18. The van der Waals surface area contributed by atoms with Crippen LogP contribution in [0.5, 0.6) is 0 Å². The van der Waals surface area contributed by atoms with Gasteiger partial charge in [0.1, 0.15) is 12.1 Å². The highest BCUT2D eigenvalue weighted by atomic mass is 15.1. The summed E-state index contributed by atoms with van der Waals surface area (Å²) in [7, 11) is 1.82. The minimum Gasteiger partial charge on any atom is -0.373 e. The first-order valence-electron chi connectivity index (χ1n) is 5.16. The predicted octanol–water partition coefficient (Wildman–Crippen LogP) is 1.46. The molecule has 0 aliphatic heterocycles. The van der Waals surface area contributed by atoms with Crippen molar-refractivity contribution in [2.24, 2.45) is 0 Å².